The van der Waals surface area contributed by atoms with Gasteiger partial charge in [-0.25, -0.2) is 0 Å². The van der Waals surface area contributed by atoms with Crippen LogP contribution in [-0.4, -0.2) is 6.61 Å². The zero-order chi connectivity index (χ0) is 21.0. The summed E-state index contributed by atoms with van der Waals surface area (Å²) in [6.07, 6.45) is 13.2. The normalized spacial score (nSPS) is 18.5. The minimum absolute atomic E-state index is 0.725. The molecule has 0 atom stereocenters. The van der Waals surface area contributed by atoms with E-state index in [1.807, 2.05) is 0 Å². The average molecular weight is 403 g/mol. The van der Waals surface area contributed by atoms with Crippen molar-refractivity contribution in [2.24, 2.45) is 11.8 Å². The van der Waals surface area contributed by atoms with E-state index in [9.17, 15) is 0 Å². The molecule has 0 aromatic heterocycles. The first-order valence-corrected chi connectivity index (χ1v) is 12.1. The first-order valence-electron chi connectivity index (χ1n) is 12.1. The van der Waals surface area contributed by atoms with E-state index in [-0.39, 0.29) is 0 Å². The Morgan fingerprint density at radius 2 is 1.30 bits per heavy atom. The fourth-order valence-corrected chi connectivity index (χ4v) is 4.31. The Kier molecular flexibility index (Phi) is 9.36. The summed E-state index contributed by atoms with van der Waals surface area (Å²) in [5.41, 5.74) is 3.51. The van der Waals surface area contributed by atoms with E-state index in [1.165, 1.54) is 63.4 Å². The summed E-state index contributed by atoms with van der Waals surface area (Å²) in [4.78, 5) is 0. The molecule has 0 amide bonds. The molecule has 160 valence electrons. The van der Waals surface area contributed by atoms with E-state index in [4.69, 9.17) is 4.74 Å². The number of rotatable bonds is 9. The predicted molar refractivity (Wildman–Crippen MR) is 128 cm³/mol. The standard InChI is InChI=1S/C29H38O/c1-3-5-7-24-9-11-26(12-10-24)13-14-27-19-21-29(22-20-27)30-23-28-17-15-25(16-18-28)8-6-4-2/h9-12,19-22,25,28H,3-8,15-18,23H2,1-2H3/t25-,28-. The Morgan fingerprint density at radius 1 is 0.733 bits per heavy atom. The topological polar surface area (TPSA) is 9.23 Å². The summed E-state index contributed by atoms with van der Waals surface area (Å²) < 4.78 is 6.08. The summed E-state index contributed by atoms with van der Waals surface area (Å²) in [5.74, 6) is 9.20. The van der Waals surface area contributed by atoms with Crippen LogP contribution in [0.4, 0.5) is 0 Å². The molecular weight excluding hydrogens is 364 g/mol. The van der Waals surface area contributed by atoms with E-state index in [1.54, 1.807) is 0 Å². The second kappa shape index (κ2) is 12.5. The second-order valence-corrected chi connectivity index (χ2v) is 8.91. The zero-order valence-electron chi connectivity index (χ0n) is 19.0. The van der Waals surface area contributed by atoms with Crippen LogP contribution in [-0.2, 0) is 6.42 Å². The third-order valence-corrected chi connectivity index (χ3v) is 6.40. The number of hydrogen-bond donors (Lipinski definition) is 0. The van der Waals surface area contributed by atoms with Crippen molar-refractivity contribution in [3.05, 3.63) is 65.2 Å². The molecule has 0 spiro atoms. The zero-order valence-corrected chi connectivity index (χ0v) is 19.0. The van der Waals surface area contributed by atoms with Gasteiger partial charge in [0.05, 0.1) is 6.61 Å². The smallest absolute Gasteiger partial charge is 0.119 e. The Morgan fingerprint density at radius 3 is 1.90 bits per heavy atom. The molecule has 1 aliphatic rings. The van der Waals surface area contributed by atoms with Crippen LogP contribution < -0.4 is 4.74 Å². The van der Waals surface area contributed by atoms with E-state index in [0.29, 0.717) is 0 Å². The molecule has 0 N–H and O–H groups in total. The maximum Gasteiger partial charge on any atom is 0.119 e. The van der Waals surface area contributed by atoms with Crippen LogP contribution >= 0.6 is 0 Å². The molecule has 3 rings (SSSR count). The highest BCUT2D eigenvalue weighted by molar-refractivity contribution is 5.44. The number of ether oxygens (including phenoxy) is 1. The first kappa shape index (κ1) is 22.5. The third-order valence-electron chi connectivity index (χ3n) is 6.40. The van der Waals surface area contributed by atoms with Gasteiger partial charge >= 0.3 is 0 Å². The minimum Gasteiger partial charge on any atom is -0.493 e. The lowest BCUT2D eigenvalue weighted by molar-refractivity contribution is 0.178. The summed E-state index contributed by atoms with van der Waals surface area (Å²) >= 11 is 0. The van der Waals surface area contributed by atoms with Crippen LogP contribution in [0.15, 0.2) is 48.5 Å². The number of aryl methyl sites for hydroxylation is 1. The van der Waals surface area contributed by atoms with Gasteiger partial charge in [-0.2, -0.15) is 0 Å². The van der Waals surface area contributed by atoms with Gasteiger partial charge in [0.25, 0.3) is 0 Å². The molecule has 0 saturated heterocycles. The maximum atomic E-state index is 6.08. The van der Waals surface area contributed by atoms with Crippen molar-refractivity contribution in [2.75, 3.05) is 6.61 Å². The highest BCUT2D eigenvalue weighted by Crippen LogP contribution is 2.32. The first-order chi connectivity index (χ1) is 14.8. The van der Waals surface area contributed by atoms with Gasteiger partial charge in [0.15, 0.2) is 0 Å². The van der Waals surface area contributed by atoms with Crippen LogP contribution in [0.25, 0.3) is 0 Å². The predicted octanol–water partition coefficient (Wildman–Crippen LogP) is 7.80. The average Bonchev–Trinajstić information content (AvgIpc) is 2.80. The van der Waals surface area contributed by atoms with Crippen LogP contribution in [0.5, 0.6) is 5.75 Å². The number of unbranched alkanes of at least 4 members (excludes halogenated alkanes) is 2. The molecule has 2 aromatic carbocycles. The molecule has 0 aliphatic heterocycles. The van der Waals surface area contributed by atoms with E-state index >= 15 is 0 Å². The second-order valence-electron chi connectivity index (χ2n) is 8.91. The Balaban J connectivity index is 1.43. The van der Waals surface area contributed by atoms with Gasteiger partial charge in [0.1, 0.15) is 5.75 Å². The largest absolute Gasteiger partial charge is 0.493 e. The van der Waals surface area contributed by atoms with Crippen molar-refractivity contribution in [3.8, 4) is 17.6 Å². The Labute approximate surface area is 184 Å². The summed E-state index contributed by atoms with van der Waals surface area (Å²) in [7, 11) is 0. The molecule has 1 nitrogen and oxygen atoms in total. The van der Waals surface area contributed by atoms with Gasteiger partial charge in [-0.1, -0.05) is 76.3 Å². The number of benzene rings is 2. The highest BCUT2D eigenvalue weighted by Gasteiger charge is 2.21. The SMILES string of the molecule is CCCCc1ccc(C#Cc2ccc(OC[C@H]3CC[C@H](CCCC)CC3)cc2)cc1. The van der Waals surface area contributed by atoms with Crippen molar-refractivity contribution in [2.45, 2.75) is 78.1 Å². The molecule has 1 saturated carbocycles. The molecule has 0 heterocycles. The van der Waals surface area contributed by atoms with Crippen molar-refractivity contribution < 1.29 is 4.74 Å². The van der Waals surface area contributed by atoms with Crippen molar-refractivity contribution in [1.29, 1.82) is 0 Å². The minimum atomic E-state index is 0.725. The lowest BCUT2D eigenvalue weighted by Crippen LogP contribution is -2.20. The van der Waals surface area contributed by atoms with Crippen LogP contribution in [0.2, 0.25) is 0 Å². The quantitative estimate of drug-likeness (QED) is 0.389. The third kappa shape index (κ3) is 7.56. The van der Waals surface area contributed by atoms with Crippen LogP contribution in [0, 0.1) is 23.7 Å². The van der Waals surface area contributed by atoms with E-state index in [0.717, 1.165) is 41.7 Å². The molecule has 2 aromatic rings. The van der Waals surface area contributed by atoms with Gasteiger partial charge in [-0.3, -0.25) is 0 Å². The molecule has 30 heavy (non-hydrogen) atoms. The lowest BCUT2D eigenvalue weighted by atomic mass is 9.80. The van der Waals surface area contributed by atoms with Crippen molar-refractivity contribution in [3.63, 3.8) is 0 Å². The Hall–Kier alpha value is -2.20. The Bertz CT molecular complexity index is 783. The fourth-order valence-electron chi connectivity index (χ4n) is 4.31. The number of hydrogen-bond acceptors (Lipinski definition) is 1. The molecule has 1 heteroatoms. The lowest BCUT2D eigenvalue weighted by Gasteiger charge is -2.28. The summed E-state index contributed by atoms with van der Waals surface area (Å²) in [6, 6.07) is 16.9. The fraction of sp³-hybridized carbons (Fsp3) is 0.517. The summed E-state index contributed by atoms with van der Waals surface area (Å²) in [5, 5.41) is 0. The monoisotopic (exact) mass is 402 g/mol. The van der Waals surface area contributed by atoms with Gasteiger partial charge in [0, 0.05) is 11.1 Å². The van der Waals surface area contributed by atoms with Gasteiger partial charge in [-0.05, 0) is 79.5 Å². The molecule has 0 radical (unpaired) electrons. The molecular formula is C29H38O. The van der Waals surface area contributed by atoms with E-state index < -0.39 is 0 Å². The molecule has 1 aliphatic carbocycles. The van der Waals surface area contributed by atoms with Gasteiger partial charge in [0.2, 0.25) is 0 Å². The van der Waals surface area contributed by atoms with Crippen LogP contribution in [0.1, 0.15) is 88.3 Å². The van der Waals surface area contributed by atoms with Crippen molar-refractivity contribution in [1.82, 2.24) is 0 Å². The highest BCUT2D eigenvalue weighted by atomic mass is 16.5. The van der Waals surface area contributed by atoms with Crippen LogP contribution in [0.3, 0.4) is 0 Å². The molecule has 0 bridgehead atoms. The van der Waals surface area contributed by atoms with Gasteiger partial charge in [-0.15, -0.1) is 0 Å². The maximum absolute atomic E-state index is 6.08. The van der Waals surface area contributed by atoms with Crippen molar-refractivity contribution >= 4 is 0 Å². The molecule has 0 unspecified atom stereocenters. The van der Waals surface area contributed by atoms with E-state index in [2.05, 4.69) is 74.2 Å². The molecule has 1 fully saturated rings. The summed E-state index contributed by atoms with van der Waals surface area (Å²) in [6.45, 7) is 5.38. The van der Waals surface area contributed by atoms with Gasteiger partial charge < -0.3 is 4.74 Å².